The second kappa shape index (κ2) is 5.93. The Kier molecular flexibility index (Phi) is 4.51. The number of hydrogen-bond donors (Lipinski definition) is 1. The van der Waals surface area contributed by atoms with Gasteiger partial charge in [0, 0.05) is 34.7 Å². The minimum atomic E-state index is 0.435. The van der Waals surface area contributed by atoms with E-state index in [1.807, 2.05) is 37.4 Å². The number of nitrogens with zero attached hydrogens (tertiary/aromatic N) is 1. The Morgan fingerprint density at radius 3 is 2.61 bits per heavy atom. The van der Waals surface area contributed by atoms with Crippen molar-refractivity contribution >= 4 is 40.2 Å². The van der Waals surface area contributed by atoms with Gasteiger partial charge in [0.15, 0.2) is 0 Å². The lowest BCUT2D eigenvalue weighted by Gasteiger charge is -2.22. The lowest BCUT2D eigenvalue weighted by atomic mass is 10.1. The summed E-state index contributed by atoms with van der Waals surface area (Å²) < 4.78 is 0.809. The zero-order valence-corrected chi connectivity index (χ0v) is 12.3. The molecular formula is C13H14Cl2N2S. The van der Waals surface area contributed by atoms with Crippen molar-refractivity contribution < 1.29 is 0 Å². The average Bonchev–Trinajstić information content (AvgIpc) is 2.74. The third kappa shape index (κ3) is 2.98. The Balaban J connectivity index is 2.23. The normalized spacial score (nSPS) is 10.7. The third-order valence-corrected chi connectivity index (χ3v) is 4.30. The van der Waals surface area contributed by atoms with Crippen molar-refractivity contribution in [1.82, 2.24) is 0 Å². The molecule has 18 heavy (non-hydrogen) atoms. The molecule has 0 aliphatic rings. The summed E-state index contributed by atoms with van der Waals surface area (Å²) in [5.74, 6) is 0. The first-order valence-corrected chi connectivity index (χ1v) is 7.12. The van der Waals surface area contributed by atoms with E-state index in [2.05, 4.69) is 4.90 Å². The fraction of sp³-hybridized carbons (Fsp3) is 0.231. The molecule has 0 amide bonds. The van der Waals surface area contributed by atoms with Crippen molar-refractivity contribution in [3.05, 3.63) is 50.1 Å². The second-order valence-electron chi connectivity index (χ2n) is 4.00. The van der Waals surface area contributed by atoms with Gasteiger partial charge in [0.2, 0.25) is 0 Å². The molecule has 0 aliphatic carbocycles. The maximum absolute atomic E-state index is 6.16. The Hall–Kier alpha value is -0.740. The summed E-state index contributed by atoms with van der Waals surface area (Å²) in [7, 11) is 2.03. The van der Waals surface area contributed by atoms with Gasteiger partial charge in [0.05, 0.1) is 10.9 Å². The minimum absolute atomic E-state index is 0.435. The summed E-state index contributed by atoms with van der Waals surface area (Å²) >= 11 is 13.7. The lowest BCUT2D eigenvalue weighted by molar-refractivity contribution is 0.918. The largest absolute Gasteiger partial charge is 0.369 e. The first kappa shape index (κ1) is 13.7. The molecule has 0 radical (unpaired) electrons. The van der Waals surface area contributed by atoms with Crippen molar-refractivity contribution in [1.29, 1.82) is 0 Å². The summed E-state index contributed by atoms with van der Waals surface area (Å²) in [5, 5.41) is 0.714. The molecule has 0 saturated heterocycles. The van der Waals surface area contributed by atoms with Gasteiger partial charge in [-0.25, -0.2) is 0 Å². The molecule has 96 valence electrons. The highest BCUT2D eigenvalue weighted by Gasteiger charge is 2.10. The third-order valence-electron chi connectivity index (χ3n) is 2.73. The standard InChI is InChI=1S/C13H14Cl2N2S/c1-17(8-9-5-6-13(15)18-9)12-4-2-3-11(14)10(12)7-16/h2-6H,7-8,16H2,1H3. The molecule has 0 fully saturated rings. The molecule has 2 rings (SSSR count). The SMILES string of the molecule is CN(Cc1ccc(Cl)s1)c1cccc(Cl)c1CN. The maximum Gasteiger partial charge on any atom is 0.0931 e. The van der Waals surface area contributed by atoms with Crippen LogP contribution in [0.4, 0.5) is 5.69 Å². The lowest BCUT2D eigenvalue weighted by Crippen LogP contribution is -2.18. The van der Waals surface area contributed by atoms with E-state index in [0.717, 1.165) is 22.1 Å². The Morgan fingerprint density at radius 1 is 1.22 bits per heavy atom. The van der Waals surface area contributed by atoms with E-state index in [9.17, 15) is 0 Å². The first-order valence-electron chi connectivity index (χ1n) is 5.54. The van der Waals surface area contributed by atoms with Gasteiger partial charge in [-0.2, -0.15) is 0 Å². The summed E-state index contributed by atoms with van der Waals surface area (Å²) in [6.07, 6.45) is 0. The molecule has 0 saturated carbocycles. The molecule has 2 nitrogen and oxygen atoms in total. The van der Waals surface area contributed by atoms with E-state index < -0.39 is 0 Å². The number of benzene rings is 1. The zero-order valence-electron chi connectivity index (χ0n) is 9.99. The van der Waals surface area contributed by atoms with Crippen molar-refractivity contribution in [2.75, 3.05) is 11.9 Å². The summed E-state index contributed by atoms with van der Waals surface area (Å²) in [6, 6.07) is 9.79. The minimum Gasteiger partial charge on any atom is -0.369 e. The van der Waals surface area contributed by atoms with Crippen LogP contribution in [0.2, 0.25) is 9.36 Å². The van der Waals surface area contributed by atoms with Crippen LogP contribution >= 0.6 is 34.5 Å². The van der Waals surface area contributed by atoms with Crippen LogP contribution in [0.15, 0.2) is 30.3 Å². The van der Waals surface area contributed by atoms with Gasteiger partial charge in [-0.1, -0.05) is 29.3 Å². The Morgan fingerprint density at radius 2 is 2.00 bits per heavy atom. The van der Waals surface area contributed by atoms with Gasteiger partial charge in [-0.05, 0) is 24.3 Å². The summed E-state index contributed by atoms with van der Waals surface area (Å²) in [5.41, 5.74) is 7.80. The molecule has 1 aromatic heterocycles. The monoisotopic (exact) mass is 300 g/mol. The number of anilines is 1. The highest BCUT2D eigenvalue weighted by Crippen LogP contribution is 2.29. The average molecular weight is 301 g/mol. The van der Waals surface area contributed by atoms with Crippen LogP contribution in [-0.4, -0.2) is 7.05 Å². The zero-order chi connectivity index (χ0) is 13.1. The molecule has 2 aromatic rings. The number of halogens is 2. The topological polar surface area (TPSA) is 29.3 Å². The van der Waals surface area contributed by atoms with Crippen molar-refractivity contribution in [3.8, 4) is 0 Å². The molecule has 0 atom stereocenters. The fourth-order valence-electron chi connectivity index (χ4n) is 1.86. The van der Waals surface area contributed by atoms with Crippen LogP contribution in [0.25, 0.3) is 0 Å². The van der Waals surface area contributed by atoms with E-state index in [1.165, 1.54) is 4.88 Å². The molecule has 5 heteroatoms. The highest BCUT2D eigenvalue weighted by molar-refractivity contribution is 7.16. The fourth-order valence-corrected chi connectivity index (χ4v) is 3.25. The Labute approximate surface area is 121 Å². The van der Waals surface area contributed by atoms with Crippen molar-refractivity contribution in [2.24, 2.45) is 5.73 Å². The van der Waals surface area contributed by atoms with Gasteiger partial charge < -0.3 is 10.6 Å². The summed E-state index contributed by atoms with van der Waals surface area (Å²) in [4.78, 5) is 3.35. The first-order chi connectivity index (χ1) is 8.61. The maximum atomic E-state index is 6.16. The molecule has 1 aromatic carbocycles. The predicted octanol–water partition coefficient (Wildman–Crippen LogP) is 4.15. The molecule has 0 bridgehead atoms. The number of nitrogens with two attached hydrogens (primary N) is 1. The van der Waals surface area contributed by atoms with E-state index in [4.69, 9.17) is 28.9 Å². The molecule has 0 aliphatic heterocycles. The summed E-state index contributed by atoms with van der Waals surface area (Å²) in [6.45, 7) is 1.23. The number of rotatable bonds is 4. The molecule has 1 heterocycles. The van der Waals surface area contributed by atoms with Gasteiger partial charge in [0.25, 0.3) is 0 Å². The number of hydrogen-bond acceptors (Lipinski definition) is 3. The Bertz CT molecular complexity index is 540. The van der Waals surface area contributed by atoms with Crippen molar-refractivity contribution in [3.63, 3.8) is 0 Å². The molecule has 2 N–H and O–H groups in total. The second-order valence-corrected chi connectivity index (χ2v) is 6.21. The number of thiophene rings is 1. The van der Waals surface area contributed by atoms with Crippen LogP contribution in [0.5, 0.6) is 0 Å². The van der Waals surface area contributed by atoms with Crippen LogP contribution in [-0.2, 0) is 13.1 Å². The van der Waals surface area contributed by atoms with Gasteiger partial charge in [0.1, 0.15) is 0 Å². The van der Waals surface area contributed by atoms with E-state index in [-0.39, 0.29) is 0 Å². The molecular weight excluding hydrogens is 287 g/mol. The highest BCUT2D eigenvalue weighted by atomic mass is 35.5. The van der Waals surface area contributed by atoms with Gasteiger partial charge in [-0.15, -0.1) is 11.3 Å². The molecule has 0 unspecified atom stereocenters. The van der Waals surface area contributed by atoms with Gasteiger partial charge >= 0.3 is 0 Å². The smallest absolute Gasteiger partial charge is 0.0931 e. The van der Waals surface area contributed by atoms with Crippen LogP contribution < -0.4 is 10.6 Å². The van der Waals surface area contributed by atoms with Crippen LogP contribution in [0.1, 0.15) is 10.4 Å². The van der Waals surface area contributed by atoms with E-state index in [1.54, 1.807) is 11.3 Å². The van der Waals surface area contributed by atoms with Crippen LogP contribution in [0, 0.1) is 0 Å². The molecule has 0 spiro atoms. The quantitative estimate of drug-likeness (QED) is 0.919. The van der Waals surface area contributed by atoms with Gasteiger partial charge in [-0.3, -0.25) is 0 Å². The van der Waals surface area contributed by atoms with Crippen molar-refractivity contribution in [2.45, 2.75) is 13.1 Å². The van der Waals surface area contributed by atoms with E-state index >= 15 is 0 Å². The van der Waals surface area contributed by atoms with Crippen LogP contribution in [0.3, 0.4) is 0 Å². The van der Waals surface area contributed by atoms with E-state index in [0.29, 0.717) is 11.6 Å². The predicted molar refractivity (Wildman–Crippen MR) is 80.8 cm³/mol.